The Morgan fingerprint density at radius 3 is 2.57 bits per heavy atom. The molecule has 0 unspecified atom stereocenters. The highest BCUT2D eigenvalue weighted by Crippen LogP contribution is 2.13. The van der Waals surface area contributed by atoms with Gasteiger partial charge >= 0.3 is 0 Å². The normalized spacial score (nSPS) is 10.4. The zero-order valence-electron chi connectivity index (χ0n) is 7.81. The van der Waals surface area contributed by atoms with Crippen LogP contribution in [0.25, 0.3) is 5.69 Å². The fourth-order valence-electron chi connectivity index (χ4n) is 1.18. The van der Waals surface area contributed by atoms with E-state index in [9.17, 15) is 0 Å². The number of aromatic nitrogens is 3. The summed E-state index contributed by atoms with van der Waals surface area (Å²) in [5, 5.41) is 8.07. The van der Waals surface area contributed by atoms with Gasteiger partial charge in [0.2, 0.25) is 0 Å². The van der Waals surface area contributed by atoms with Crippen molar-refractivity contribution in [3.63, 3.8) is 0 Å². The molecule has 0 radical (unpaired) electrons. The fourth-order valence-corrected chi connectivity index (χ4v) is 1.44. The topological polar surface area (TPSA) is 30.7 Å². The molecule has 72 valence electrons. The first-order valence-corrected chi connectivity index (χ1v) is 5.26. The summed E-state index contributed by atoms with van der Waals surface area (Å²) in [6.07, 6.45) is 2.86. The molecule has 0 fully saturated rings. The van der Waals surface area contributed by atoms with Crippen LogP contribution < -0.4 is 0 Å². The average Bonchev–Trinajstić information content (AvgIpc) is 2.67. The standard InChI is InChI=1S/C10H10BrN3/c1-2-9-7-14(13-12-9)10-5-3-8(11)4-6-10/h3-7H,2H2,1H3. The fraction of sp³-hybridized carbons (Fsp3) is 0.200. The SMILES string of the molecule is CCc1cn(-c2ccc(Br)cc2)nn1. The van der Waals surface area contributed by atoms with Gasteiger partial charge in [-0.1, -0.05) is 28.1 Å². The maximum atomic E-state index is 4.04. The minimum absolute atomic E-state index is 0.913. The van der Waals surface area contributed by atoms with Gasteiger partial charge in [-0.05, 0) is 30.7 Å². The van der Waals surface area contributed by atoms with Crippen molar-refractivity contribution in [3.05, 3.63) is 40.6 Å². The van der Waals surface area contributed by atoms with Gasteiger partial charge in [-0.25, -0.2) is 4.68 Å². The largest absolute Gasteiger partial charge is 0.220 e. The highest BCUT2D eigenvalue weighted by Gasteiger charge is 1.99. The highest BCUT2D eigenvalue weighted by atomic mass is 79.9. The minimum atomic E-state index is 0.913. The van der Waals surface area contributed by atoms with Gasteiger partial charge in [-0.2, -0.15) is 0 Å². The van der Waals surface area contributed by atoms with E-state index in [0.717, 1.165) is 22.3 Å². The maximum absolute atomic E-state index is 4.04. The smallest absolute Gasteiger partial charge is 0.0829 e. The zero-order chi connectivity index (χ0) is 9.97. The first kappa shape index (κ1) is 9.40. The predicted octanol–water partition coefficient (Wildman–Crippen LogP) is 2.59. The van der Waals surface area contributed by atoms with Gasteiger partial charge in [0.05, 0.1) is 17.6 Å². The summed E-state index contributed by atoms with van der Waals surface area (Å²) in [6.45, 7) is 2.07. The molecule has 0 saturated heterocycles. The third-order valence-electron chi connectivity index (χ3n) is 1.99. The van der Waals surface area contributed by atoms with Gasteiger partial charge in [0, 0.05) is 4.47 Å². The van der Waals surface area contributed by atoms with Crippen molar-refractivity contribution < 1.29 is 0 Å². The number of hydrogen-bond acceptors (Lipinski definition) is 2. The molecular weight excluding hydrogens is 242 g/mol. The molecule has 0 aliphatic heterocycles. The van der Waals surface area contributed by atoms with Crippen molar-refractivity contribution in [1.29, 1.82) is 0 Å². The van der Waals surface area contributed by atoms with Gasteiger partial charge in [-0.15, -0.1) is 5.10 Å². The second-order valence-electron chi connectivity index (χ2n) is 2.98. The highest BCUT2D eigenvalue weighted by molar-refractivity contribution is 9.10. The van der Waals surface area contributed by atoms with Crippen molar-refractivity contribution in [3.8, 4) is 5.69 Å². The lowest BCUT2D eigenvalue weighted by atomic mass is 10.3. The predicted molar refractivity (Wildman–Crippen MR) is 58.4 cm³/mol. The second kappa shape index (κ2) is 3.92. The molecule has 0 spiro atoms. The van der Waals surface area contributed by atoms with Crippen molar-refractivity contribution >= 4 is 15.9 Å². The lowest BCUT2D eigenvalue weighted by Gasteiger charge is -1.98. The van der Waals surface area contributed by atoms with E-state index in [4.69, 9.17) is 0 Å². The summed E-state index contributed by atoms with van der Waals surface area (Å²) in [4.78, 5) is 0. The van der Waals surface area contributed by atoms with Crippen LogP contribution in [-0.2, 0) is 6.42 Å². The van der Waals surface area contributed by atoms with E-state index in [1.807, 2.05) is 30.5 Å². The van der Waals surface area contributed by atoms with E-state index < -0.39 is 0 Å². The number of rotatable bonds is 2. The van der Waals surface area contributed by atoms with Crippen LogP contribution in [0, 0.1) is 0 Å². The van der Waals surface area contributed by atoms with Gasteiger partial charge in [0.1, 0.15) is 0 Å². The second-order valence-corrected chi connectivity index (χ2v) is 3.90. The third kappa shape index (κ3) is 1.85. The Hall–Kier alpha value is -1.16. The molecule has 0 atom stereocenters. The summed E-state index contributed by atoms with van der Waals surface area (Å²) >= 11 is 3.39. The minimum Gasteiger partial charge on any atom is -0.220 e. The van der Waals surface area contributed by atoms with Crippen LogP contribution in [0.5, 0.6) is 0 Å². The Bertz CT molecular complexity index is 419. The number of halogens is 1. The summed E-state index contributed by atoms with van der Waals surface area (Å²) in [7, 11) is 0. The summed E-state index contributed by atoms with van der Waals surface area (Å²) in [6, 6.07) is 7.97. The Balaban J connectivity index is 2.34. The van der Waals surface area contributed by atoms with Crippen LogP contribution in [0.15, 0.2) is 34.9 Å². The van der Waals surface area contributed by atoms with Crippen molar-refractivity contribution in [2.75, 3.05) is 0 Å². The van der Waals surface area contributed by atoms with E-state index in [1.54, 1.807) is 4.68 Å². The molecule has 0 amide bonds. The first-order valence-electron chi connectivity index (χ1n) is 4.47. The van der Waals surface area contributed by atoms with Crippen LogP contribution in [0.3, 0.4) is 0 Å². The molecule has 1 aromatic heterocycles. The summed E-state index contributed by atoms with van der Waals surface area (Å²) in [5.41, 5.74) is 2.04. The number of benzene rings is 1. The van der Waals surface area contributed by atoms with E-state index in [1.165, 1.54) is 0 Å². The van der Waals surface area contributed by atoms with E-state index in [0.29, 0.717) is 0 Å². The Morgan fingerprint density at radius 2 is 2.00 bits per heavy atom. The molecule has 0 N–H and O–H groups in total. The van der Waals surface area contributed by atoms with Crippen molar-refractivity contribution in [1.82, 2.24) is 15.0 Å². The Labute approximate surface area is 90.9 Å². The molecule has 2 rings (SSSR count). The molecular formula is C10H10BrN3. The summed E-state index contributed by atoms with van der Waals surface area (Å²) < 4.78 is 2.85. The van der Waals surface area contributed by atoms with E-state index in [2.05, 4.69) is 33.2 Å². The number of nitrogens with zero attached hydrogens (tertiary/aromatic N) is 3. The van der Waals surface area contributed by atoms with Crippen LogP contribution in [0.4, 0.5) is 0 Å². The van der Waals surface area contributed by atoms with Gasteiger partial charge in [0.25, 0.3) is 0 Å². The van der Waals surface area contributed by atoms with Crippen molar-refractivity contribution in [2.24, 2.45) is 0 Å². The van der Waals surface area contributed by atoms with Crippen molar-refractivity contribution in [2.45, 2.75) is 13.3 Å². The Kier molecular flexibility index (Phi) is 2.63. The maximum Gasteiger partial charge on any atom is 0.0829 e. The van der Waals surface area contributed by atoms with Crippen LogP contribution >= 0.6 is 15.9 Å². The zero-order valence-corrected chi connectivity index (χ0v) is 9.40. The number of aryl methyl sites for hydroxylation is 1. The molecule has 0 aliphatic carbocycles. The van der Waals surface area contributed by atoms with Gasteiger partial charge in [0.15, 0.2) is 0 Å². The molecule has 0 saturated carbocycles. The first-order chi connectivity index (χ1) is 6.79. The average molecular weight is 252 g/mol. The molecule has 1 heterocycles. The lowest BCUT2D eigenvalue weighted by molar-refractivity contribution is 0.798. The molecule has 0 aliphatic rings. The lowest BCUT2D eigenvalue weighted by Crippen LogP contribution is -1.93. The van der Waals surface area contributed by atoms with E-state index >= 15 is 0 Å². The molecule has 2 aromatic rings. The van der Waals surface area contributed by atoms with Gasteiger partial charge in [-0.3, -0.25) is 0 Å². The monoisotopic (exact) mass is 251 g/mol. The molecule has 0 bridgehead atoms. The van der Waals surface area contributed by atoms with Crippen LogP contribution in [-0.4, -0.2) is 15.0 Å². The van der Waals surface area contributed by atoms with E-state index in [-0.39, 0.29) is 0 Å². The molecule has 1 aromatic carbocycles. The molecule has 14 heavy (non-hydrogen) atoms. The summed E-state index contributed by atoms with van der Waals surface area (Å²) in [5.74, 6) is 0. The van der Waals surface area contributed by atoms with Crippen LogP contribution in [0.1, 0.15) is 12.6 Å². The quantitative estimate of drug-likeness (QED) is 0.822. The van der Waals surface area contributed by atoms with Crippen LogP contribution in [0.2, 0.25) is 0 Å². The molecule has 3 nitrogen and oxygen atoms in total. The Morgan fingerprint density at radius 1 is 1.29 bits per heavy atom. The third-order valence-corrected chi connectivity index (χ3v) is 2.52. The van der Waals surface area contributed by atoms with Gasteiger partial charge < -0.3 is 0 Å². The molecule has 4 heteroatoms. The number of hydrogen-bond donors (Lipinski definition) is 0.